The molecule has 3 aromatic rings. The molecule has 0 unspecified atom stereocenters. The zero-order valence-corrected chi connectivity index (χ0v) is 14.4. The van der Waals surface area contributed by atoms with Gasteiger partial charge in [-0.2, -0.15) is 4.98 Å². The van der Waals surface area contributed by atoms with Crippen LogP contribution in [0.4, 0.5) is 5.69 Å². The maximum atomic E-state index is 12.3. The van der Waals surface area contributed by atoms with E-state index >= 15 is 0 Å². The minimum atomic E-state index is -0.391. The molecule has 1 N–H and O–H groups in total. The van der Waals surface area contributed by atoms with Crippen molar-refractivity contribution in [2.24, 2.45) is 0 Å². The molecular weight excluding hydrogens is 334 g/mol. The summed E-state index contributed by atoms with van der Waals surface area (Å²) in [6.07, 6.45) is 0. The van der Waals surface area contributed by atoms with Crippen LogP contribution in [0.5, 0.6) is 0 Å². The van der Waals surface area contributed by atoms with Crippen LogP contribution in [0.25, 0.3) is 11.5 Å². The summed E-state index contributed by atoms with van der Waals surface area (Å²) in [7, 11) is 0. The number of hydrogen-bond acceptors (Lipinski definition) is 6. The summed E-state index contributed by atoms with van der Waals surface area (Å²) in [6, 6.07) is 13.4. The van der Waals surface area contributed by atoms with Crippen molar-refractivity contribution in [2.45, 2.75) is 13.8 Å². The van der Waals surface area contributed by atoms with Crippen molar-refractivity contribution >= 4 is 17.6 Å². The smallest absolute Gasteiger partial charge is 0.338 e. The number of ether oxygens (including phenoxy) is 1. The van der Waals surface area contributed by atoms with Gasteiger partial charge in [0.05, 0.1) is 12.2 Å². The van der Waals surface area contributed by atoms with Crippen LogP contribution in [0.2, 0.25) is 0 Å². The lowest BCUT2D eigenvalue weighted by atomic mass is 10.1. The maximum absolute atomic E-state index is 12.3. The van der Waals surface area contributed by atoms with E-state index in [1.165, 1.54) is 0 Å². The fraction of sp³-hybridized carbons (Fsp3) is 0.158. The van der Waals surface area contributed by atoms with Crippen LogP contribution in [-0.2, 0) is 4.74 Å². The van der Waals surface area contributed by atoms with Gasteiger partial charge in [0, 0.05) is 16.8 Å². The summed E-state index contributed by atoms with van der Waals surface area (Å²) in [4.78, 5) is 28.1. The van der Waals surface area contributed by atoms with Gasteiger partial charge < -0.3 is 14.6 Å². The van der Waals surface area contributed by atoms with Crippen molar-refractivity contribution in [1.29, 1.82) is 0 Å². The van der Waals surface area contributed by atoms with Gasteiger partial charge >= 0.3 is 5.97 Å². The summed E-state index contributed by atoms with van der Waals surface area (Å²) in [6.45, 7) is 3.80. The topological polar surface area (TPSA) is 94.3 Å². The molecule has 7 nitrogen and oxygen atoms in total. The number of carbonyl (C=O) groups excluding carboxylic acids is 2. The number of rotatable bonds is 5. The Morgan fingerprint density at radius 2 is 1.69 bits per heavy atom. The number of aromatic nitrogens is 2. The normalized spacial score (nSPS) is 10.4. The van der Waals surface area contributed by atoms with E-state index in [2.05, 4.69) is 15.5 Å². The molecule has 0 saturated carbocycles. The van der Waals surface area contributed by atoms with Crippen molar-refractivity contribution < 1.29 is 18.8 Å². The summed E-state index contributed by atoms with van der Waals surface area (Å²) in [5, 5.41) is 6.52. The fourth-order valence-corrected chi connectivity index (χ4v) is 2.29. The molecule has 7 heteroatoms. The second-order valence-electron chi connectivity index (χ2n) is 5.48. The Morgan fingerprint density at radius 3 is 2.27 bits per heavy atom. The van der Waals surface area contributed by atoms with Crippen LogP contribution in [0.1, 0.15) is 33.5 Å². The molecule has 3 rings (SSSR count). The molecule has 0 aliphatic heterocycles. The number of amides is 1. The summed E-state index contributed by atoms with van der Waals surface area (Å²) in [5.74, 6) is 0.302. The van der Waals surface area contributed by atoms with E-state index in [-0.39, 0.29) is 5.91 Å². The summed E-state index contributed by atoms with van der Waals surface area (Å²) >= 11 is 0. The van der Waals surface area contributed by atoms with Gasteiger partial charge in [0.25, 0.3) is 11.8 Å². The van der Waals surface area contributed by atoms with E-state index in [0.717, 1.165) is 5.56 Å². The van der Waals surface area contributed by atoms with Crippen LogP contribution >= 0.6 is 0 Å². The number of nitrogens with one attached hydrogen (secondary N) is 1. The number of anilines is 1. The molecule has 2 aromatic carbocycles. The number of aryl methyl sites for hydroxylation is 1. The van der Waals surface area contributed by atoms with Gasteiger partial charge in [0.15, 0.2) is 5.82 Å². The average molecular weight is 351 g/mol. The minimum absolute atomic E-state index is 0.262. The third-order valence-electron chi connectivity index (χ3n) is 3.58. The molecule has 0 bridgehead atoms. The van der Waals surface area contributed by atoms with Gasteiger partial charge in [-0.3, -0.25) is 4.79 Å². The van der Waals surface area contributed by atoms with Gasteiger partial charge in [-0.15, -0.1) is 0 Å². The predicted molar refractivity (Wildman–Crippen MR) is 94.8 cm³/mol. The van der Waals surface area contributed by atoms with Crippen LogP contribution in [0.15, 0.2) is 53.1 Å². The maximum Gasteiger partial charge on any atom is 0.338 e. The highest BCUT2D eigenvalue weighted by atomic mass is 16.5. The average Bonchev–Trinajstić information content (AvgIpc) is 3.09. The zero-order chi connectivity index (χ0) is 18.5. The van der Waals surface area contributed by atoms with Gasteiger partial charge in [0.2, 0.25) is 0 Å². The highest BCUT2D eigenvalue weighted by Gasteiger charge is 2.11. The molecule has 1 amide bonds. The van der Waals surface area contributed by atoms with E-state index in [1.807, 2.05) is 0 Å². The third-order valence-corrected chi connectivity index (χ3v) is 3.58. The molecule has 0 saturated heterocycles. The SMILES string of the molecule is CCOC(=O)c1ccc(NC(=O)c2ccc(-c3nc(C)no3)cc2)cc1. The monoisotopic (exact) mass is 351 g/mol. The molecule has 0 aliphatic carbocycles. The van der Waals surface area contributed by atoms with Crippen molar-refractivity contribution in [2.75, 3.05) is 11.9 Å². The Hall–Kier alpha value is -3.48. The summed E-state index contributed by atoms with van der Waals surface area (Å²) < 4.78 is 10.0. The summed E-state index contributed by atoms with van der Waals surface area (Å²) in [5.41, 5.74) is 2.24. The molecule has 0 spiro atoms. The van der Waals surface area contributed by atoms with Crippen molar-refractivity contribution in [3.8, 4) is 11.5 Å². The van der Waals surface area contributed by atoms with Crippen LogP contribution in [0, 0.1) is 6.92 Å². The molecule has 0 radical (unpaired) electrons. The Labute approximate surface area is 150 Å². The largest absolute Gasteiger partial charge is 0.462 e. The van der Waals surface area contributed by atoms with Crippen molar-refractivity contribution in [3.05, 3.63) is 65.5 Å². The first-order valence-corrected chi connectivity index (χ1v) is 8.06. The molecule has 1 heterocycles. The lowest BCUT2D eigenvalue weighted by Gasteiger charge is -2.07. The van der Waals surface area contributed by atoms with E-state index in [9.17, 15) is 9.59 Å². The van der Waals surface area contributed by atoms with E-state index in [4.69, 9.17) is 9.26 Å². The van der Waals surface area contributed by atoms with Crippen LogP contribution in [-0.4, -0.2) is 28.6 Å². The van der Waals surface area contributed by atoms with Crippen LogP contribution < -0.4 is 5.32 Å². The molecule has 0 fully saturated rings. The van der Waals surface area contributed by atoms with Gasteiger partial charge in [-0.1, -0.05) is 5.16 Å². The second-order valence-corrected chi connectivity index (χ2v) is 5.48. The van der Waals surface area contributed by atoms with Gasteiger partial charge in [-0.05, 0) is 62.4 Å². The first-order valence-electron chi connectivity index (χ1n) is 8.06. The molecule has 1 aromatic heterocycles. The lowest BCUT2D eigenvalue weighted by molar-refractivity contribution is 0.0526. The van der Waals surface area contributed by atoms with Crippen LogP contribution in [0.3, 0.4) is 0 Å². The van der Waals surface area contributed by atoms with Crippen molar-refractivity contribution in [1.82, 2.24) is 10.1 Å². The van der Waals surface area contributed by atoms with Gasteiger partial charge in [0.1, 0.15) is 0 Å². The third kappa shape index (κ3) is 3.94. The number of carbonyl (C=O) groups is 2. The molecule has 0 atom stereocenters. The van der Waals surface area contributed by atoms with E-state index < -0.39 is 5.97 Å². The Balaban J connectivity index is 1.67. The quantitative estimate of drug-likeness (QED) is 0.707. The lowest BCUT2D eigenvalue weighted by Crippen LogP contribution is -2.12. The highest BCUT2D eigenvalue weighted by Crippen LogP contribution is 2.18. The Bertz CT molecular complexity index is 915. The molecule has 132 valence electrons. The zero-order valence-electron chi connectivity index (χ0n) is 14.4. The standard InChI is InChI=1S/C19H17N3O4/c1-3-25-19(24)15-8-10-16(11-9-15)21-17(23)13-4-6-14(7-5-13)18-20-12(2)22-26-18/h4-11H,3H2,1-2H3,(H,21,23). The van der Waals surface area contributed by atoms with E-state index in [0.29, 0.717) is 35.1 Å². The molecular formula is C19H17N3O4. The minimum Gasteiger partial charge on any atom is -0.462 e. The molecule has 26 heavy (non-hydrogen) atoms. The van der Waals surface area contributed by atoms with E-state index in [1.54, 1.807) is 62.4 Å². The number of hydrogen-bond donors (Lipinski definition) is 1. The molecule has 0 aliphatic rings. The number of esters is 1. The first kappa shape index (κ1) is 17.3. The highest BCUT2D eigenvalue weighted by molar-refractivity contribution is 6.04. The fourth-order valence-electron chi connectivity index (χ4n) is 2.29. The Morgan fingerprint density at radius 1 is 1.04 bits per heavy atom. The second kappa shape index (κ2) is 7.60. The predicted octanol–water partition coefficient (Wildman–Crippen LogP) is 3.47. The van der Waals surface area contributed by atoms with Crippen molar-refractivity contribution in [3.63, 3.8) is 0 Å². The Kier molecular flexibility index (Phi) is 5.07. The number of nitrogens with zero attached hydrogens (tertiary/aromatic N) is 2. The first-order chi connectivity index (χ1) is 12.6. The number of benzene rings is 2. The van der Waals surface area contributed by atoms with Gasteiger partial charge in [-0.25, -0.2) is 4.79 Å².